The second-order valence-electron chi connectivity index (χ2n) is 8.91. The molecule has 0 aliphatic carbocycles. The maximum Gasteiger partial charge on any atom is 0.0730 e. The zero-order chi connectivity index (χ0) is 19.0. The monoisotopic (exact) mass is 394 g/mol. The normalized spacial score (nSPS) is 17.4. The number of fused-ring (bicyclic) bond motifs is 1. The van der Waals surface area contributed by atoms with E-state index >= 15 is 0 Å². The first kappa shape index (κ1) is 20.7. The minimum atomic E-state index is 0. The molecule has 0 radical (unpaired) electrons. The molecule has 1 unspecified atom stereocenters. The zero-order valence-corrected chi connectivity index (χ0v) is 18.2. The van der Waals surface area contributed by atoms with Crippen LogP contribution in [0.1, 0.15) is 52.5 Å². The molecule has 3 heteroatoms. The van der Waals surface area contributed by atoms with Gasteiger partial charge in [-0.1, -0.05) is 63.2 Å². The summed E-state index contributed by atoms with van der Waals surface area (Å²) < 4.78 is 0. The fourth-order valence-electron chi connectivity index (χ4n) is 4.14. The number of aromatic nitrogens is 1. The molecule has 1 saturated heterocycles. The van der Waals surface area contributed by atoms with E-state index in [9.17, 15) is 0 Å². The van der Waals surface area contributed by atoms with Crippen LogP contribution >= 0.6 is 12.4 Å². The van der Waals surface area contributed by atoms with Crippen LogP contribution in [0.2, 0.25) is 0 Å². The standard InChI is InChI=1S/C25H30N2.ClH/c1-18-9-7-8-16-27(18)24-17-23(26-22-11-6-5-10-21(22)24)19-12-14-20(15-13-19)25(2,3)4;/h5-6,10-15,17-18H,7-9,16H2,1-4H3;1H. The summed E-state index contributed by atoms with van der Waals surface area (Å²) in [4.78, 5) is 7.58. The van der Waals surface area contributed by atoms with Gasteiger partial charge in [-0.05, 0) is 49.3 Å². The largest absolute Gasteiger partial charge is 0.368 e. The van der Waals surface area contributed by atoms with Crippen molar-refractivity contribution in [3.8, 4) is 11.3 Å². The molecule has 2 nitrogen and oxygen atoms in total. The van der Waals surface area contributed by atoms with Crippen LogP contribution in [-0.2, 0) is 5.41 Å². The summed E-state index contributed by atoms with van der Waals surface area (Å²) in [6.07, 6.45) is 3.88. The van der Waals surface area contributed by atoms with E-state index in [1.807, 2.05) is 0 Å². The number of para-hydroxylation sites is 1. The third kappa shape index (κ3) is 4.03. The Hall–Kier alpha value is -2.06. The Labute approximate surface area is 175 Å². The fourth-order valence-corrected chi connectivity index (χ4v) is 4.14. The molecule has 2 heterocycles. The summed E-state index contributed by atoms with van der Waals surface area (Å²) in [6, 6.07) is 20.4. The number of nitrogens with zero attached hydrogens (tertiary/aromatic N) is 2. The Morgan fingerprint density at radius 1 is 0.964 bits per heavy atom. The first-order chi connectivity index (χ1) is 12.9. The van der Waals surface area contributed by atoms with E-state index in [4.69, 9.17) is 4.98 Å². The van der Waals surface area contributed by atoms with Crippen molar-refractivity contribution in [2.24, 2.45) is 0 Å². The average Bonchev–Trinajstić information content (AvgIpc) is 2.67. The SMILES string of the molecule is CC1CCCCN1c1cc(-c2ccc(C(C)(C)C)cc2)nc2ccccc12.Cl. The van der Waals surface area contributed by atoms with Crippen LogP contribution in [-0.4, -0.2) is 17.6 Å². The van der Waals surface area contributed by atoms with Gasteiger partial charge >= 0.3 is 0 Å². The molecule has 4 rings (SSSR count). The molecule has 1 fully saturated rings. The van der Waals surface area contributed by atoms with Crippen LogP contribution in [0.5, 0.6) is 0 Å². The van der Waals surface area contributed by atoms with Crippen molar-refractivity contribution in [2.75, 3.05) is 11.4 Å². The highest BCUT2D eigenvalue weighted by Gasteiger charge is 2.21. The molecule has 1 aliphatic heterocycles. The average molecular weight is 395 g/mol. The van der Waals surface area contributed by atoms with Crippen molar-refractivity contribution in [1.82, 2.24) is 4.98 Å². The fraction of sp³-hybridized carbons (Fsp3) is 0.400. The molecule has 148 valence electrons. The Morgan fingerprint density at radius 2 is 1.68 bits per heavy atom. The van der Waals surface area contributed by atoms with Gasteiger partial charge in [-0.3, -0.25) is 0 Å². The molecule has 3 aromatic rings. The molecule has 1 aromatic heterocycles. The van der Waals surface area contributed by atoms with Crippen molar-refractivity contribution in [2.45, 2.75) is 58.4 Å². The van der Waals surface area contributed by atoms with Crippen molar-refractivity contribution in [1.29, 1.82) is 0 Å². The number of anilines is 1. The number of hydrogen-bond donors (Lipinski definition) is 0. The lowest BCUT2D eigenvalue weighted by Gasteiger charge is -2.36. The van der Waals surface area contributed by atoms with Crippen molar-refractivity contribution in [3.05, 3.63) is 60.2 Å². The van der Waals surface area contributed by atoms with E-state index in [-0.39, 0.29) is 17.8 Å². The molecular weight excluding hydrogens is 364 g/mol. The molecule has 1 atom stereocenters. The van der Waals surface area contributed by atoms with Gasteiger partial charge in [0.15, 0.2) is 0 Å². The molecular formula is C25H31ClN2. The zero-order valence-electron chi connectivity index (χ0n) is 17.4. The van der Waals surface area contributed by atoms with Gasteiger partial charge in [-0.15, -0.1) is 12.4 Å². The number of halogens is 1. The summed E-state index contributed by atoms with van der Waals surface area (Å²) in [5.41, 5.74) is 6.22. The second-order valence-corrected chi connectivity index (χ2v) is 8.91. The molecule has 0 spiro atoms. The van der Waals surface area contributed by atoms with Gasteiger partial charge < -0.3 is 4.90 Å². The van der Waals surface area contributed by atoms with E-state index < -0.39 is 0 Å². The summed E-state index contributed by atoms with van der Waals surface area (Å²) in [7, 11) is 0. The second kappa shape index (κ2) is 8.13. The Balaban J connectivity index is 0.00000225. The van der Waals surface area contributed by atoms with Crippen LogP contribution in [0.3, 0.4) is 0 Å². The molecule has 0 saturated carbocycles. The van der Waals surface area contributed by atoms with Crippen molar-refractivity contribution in [3.63, 3.8) is 0 Å². The topological polar surface area (TPSA) is 16.1 Å². The highest BCUT2D eigenvalue weighted by Crippen LogP contribution is 2.35. The van der Waals surface area contributed by atoms with Crippen LogP contribution < -0.4 is 4.90 Å². The number of piperidine rings is 1. The lowest BCUT2D eigenvalue weighted by atomic mass is 9.86. The van der Waals surface area contributed by atoms with E-state index in [2.05, 4.69) is 87.2 Å². The summed E-state index contributed by atoms with van der Waals surface area (Å²) in [6.45, 7) is 10.3. The lowest BCUT2D eigenvalue weighted by molar-refractivity contribution is 0.486. The van der Waals surface area contributed by atoms with Gasteiger partial charge in [0.25, 0.3) is 0 Å². The maximum absolute atomic E-state index is 4.99. The van der Waals surface area contributed by atoms with E-state index in [1.165, 1.54) is 41.5 Å². The van der Waals surface area contributed by atoms with Crippen molar-refractivity contribution < 1.29 is 0 Å². The highest BCUT2D eigenvalue weighted by molar-refractivity contribution is 5.94. The smallest absolute Gasteiger partial charge is 0.0730 e. The first-order valence-electron chi connectivity index (χ1n) is 10.2. The summed E-state index contributed by atoms with van der Waals surface area (Å²) >= 11 is 0. The number of rotatable bonds is 2. The van der Waals surface area contributed by atoms with Crippen LogP contribution in [0.4, 0.5) is 5.69 Å². The minimum absolute atomic E-state index is 0. The van der Waals surface area contributed by atoms with Crippen LogP contribution in [0.25, 0.3) is 22.2 Å². The van der Waals surface area contributed by atoms with Gasteiger partial charge in [-0.25, -0.2) is 4.98 Å². The van der Waals surface area contributed by atoms with Crippen molar-refractivity contribution >= 4 is 29.0 Å². The van der Waals surface area contributed by atoms with Crippen LogP contribution in [0.15, 0.2) is 54.6 Å². The molecule has 2 aromatic carbocycles. The maximum atomic E-state index is 4.99. The van der Waals surface area contributed by atoms with E-state index in [1.54, 1.807) is 0 Å². The lowest BCUT2D eigenvalue weighted by Crippen LogP contribution is -2.37. The van der Waals surface area contributed by atoms with Gasteiger partial charge in [0.2, 0.25) is 0 Å². The van der Waals surface area contributed by atoms with Crippen LogP contribution in [0, 0.1) is 0 Å². The van der Waals surface area contributed by atoms with Gasteiger partial charge in [-0.2, -0.15) is 0 Å². The van der Waals surface area contributed by atoms with Gasteiger partial charge in [0.1, 0.15) is 0 Å². The number of pyridine rings is 1. The molecule has 0 bridgehead atoms. The van der Waals surface area contributed by atoms with Gasteiger partial charge in [0.05, 0.1) is 11.2 Å². The molecule has 0 amide bonds. The molecule has 1 aliphatic rings. The van der Waals surface area contributed by atoms with Gasteiger partial charge in [0, 0.05) is 29.2 Å². The van der Waals surface area contributed by atoms with E-state index in [0.29, 0.717) is 6.04 Å². The quantitative estimate of drug-likeness (QED) is 0.465. The Kier molecular flexibility index (Phi) is 6.00. The summed E-state index contributed by atoms with van der Waals surface area (Å²) in [5.74, 6) is 0. The number of benzene rings is 2. The summed E-state index contributed by atoms with van der Waals surface area (Å²) in [5, 5.41) is 1.27. The Morgan fingerprint density at radius 3 is 2.36 bits per heavy atom. The Bertz CT molecular complexity index is 941. The molecule has 28 heavy (non-hydrogen) atoms. The first-order valence-corrected chi connectivity index (χ1v) is 10.2. The predicted molar refractivity (Wildman–Crippen MR) is 124 cm³/mol. The van der Waals surface area contributed by atoms with E-state index in [0.717, 1.165) is 17.8 Å². The third-order valence-corrected chi connectivity index (χ3v) is 5.85. The molecule has 0 N–H and O–H groups in total. The third-order valence-electron chi connectivity index (χ3n) is 5.85. The highest BCUT2D eigenvalue weighted by atomic mass is 35.5. The number of hydrogen-bond acceptors (Lipinski definition) is 2. The predicted octanol–water partition coefficient (Wildman–Crippen LogP) is 7.00. The minimum Gasteiger partial charge on any atom is -0.368 e.